The molecule has 1 saturated heterocycles. The Balaban J connectivity index is 1.65. The highest BCUT2D eigenvalue weighted by molar-refractivity contribution is 5.45. The van der Waals surface area contributed by atoms with Gasteiger partial charge in [0.25, 0.3) is 0 Å². The molecule has 1 fully saturated rings. The lowest BCUT2D eigenvalue weighted by molar-refractivity contribution is 0.176. The molecule has 1 heterocycles. The molecule has 0 aromatic heterocycles. The Hall–Kier alpha value is -2.31. The Bertz CT molecular complexity index is 720. The van der Waals surface area contributed by atoms with Crippen LogP contribution in [0.4, 0.5) is 0 Å². The van der Waals surface area contributed by atoms with Crippen molar-refractivity contribution >= 4 is 0 Å². The number of benzene rings is 2. The lowest BCUT2D eigenvalue weighted by Crippen LogP contribution is -2.36. The predicted octanol–water partition coefficient (Wildman–Crippen LogP) is 4.77. The maximum Gasteiger partial charge on any atom is 0.145 e. The van der Waals surface area contributed by atoms with Gasteiger partial charge in [-0.05, 0) is 69.1 Å². The highest BCUT2D eigenvalue weighted by Gasteiger charge is 2.18. The maximum absolute atomic E-state index is 9.17. The quantitative estimate of drug-likeness (QED) is 0.796. The van der Waals surface area contributed by atoms with Crippen LogP contribution in [-0.4, -0.2) is 24.5 Å². The van der Waals surface area contributed by atoms with Crippen LogP contribution in [0.3, 0.4) is 0 Å². The molecule has 0 aliphatic carbocycles. The molecule has 3 rings (SSSR count). The van der Waals surface area contributed by atoms with Gasteiger partial charge in [0.1, 0.15) is 17.6 Å². The molecule has 24 heavy (non-hydrogen) atoms. The number of para-hydroxylation sites is 1. The fourth-order valence-electron chi connectivity index (χ4n) is 3.38. The van der Waals surface area contributed by atoms with Crippen LogP contribution in [0.5, 0.6) is 11.5 Å². The summed E-state index contributed by atoms with van der Waals surface area (Å²) in [4.78, 5) is 2.49. The summed E-state index contributed by atoms with van der Waals surface area (Å²) in [5, 5.41) is 9.17. The van der Waals surface area contributed by atoms with Crippen molar-refractivity contribution in [1.29, 1.82) is 5.26 Å². The monoisotopic (exact) mass is 320 g/mol. The summed E-state index contributed by atoms with van der Waals surface area (Å²) in [6.07, 6.45) is 6.24. The minimum Gasteiger partial charge on any atom is -0.456 e. The van der Waals surface area contributed by atoms with E-state index in [1.54, 1.807) is 6.07 Å². The first-order valence-corrected chi connectivity index (χ1v) is 8.72. The average Bonchev–Trinajstić information content (AvgIpc) is 2.62. The third kappa shape index (κ3) is 4.15. The zero-order valence-electron chi connectivity index (χ0n) is 14.2. The lowest BCUT2D eigenvalue weighted by atomic mass is 9.96. The van der Waals surface area contributed by atoms with Crippen LogP contribution in [0, 0.1) is 11.3 Å². The van der Waals surface area contributed by atoms with Gasteiger partial charge >= 0.3 is 0 Å². The number of hydrogen-bond donors (Lipinski definition) is 0. The highest BCUT2D eigenvalue weighted by atomic mass is 16.5. The zero-order chi connectivity index (χ0) is 16.8. The van der Waals surface area contributed by atoms with Crippen LogP contribution in [0.2, 0.25) is 0 Å². The minimum atomic E-state index is 0.562. The van der Waals surface area contributed by atoms with Crippen LogP contribution in [-0.2, 0) is 6.42 Å². The Morgan fingerprint density at radius 3 is 2.88 bits per heavy atom. The summed E-state index contributed by atoms with van der Waals surface area (Å²) in [6.45, 7) is 1.22. The second kappa shape index (κ2) is 7.99. The Kier molecular flexibility index (Phi) is 5.51. The summed E-state index contributed by atoms with van der Waals surface area (Å²) in [5.74, 6) is 1.41. The number of nitrogens with zero attached hydrogens (tertiary/aromatic N) is 2. The molecule has 0 N–H and O–H groups in total. The van der Waals surface area contributed by atoms with Crippen molar-refractivity contribution in [3.8, 4) is 17.6 Å². The van der Waals surface area contributed by atoms with Gasteiger partial charge in [0.05, 0.1) is 5.56 Å². The van der Waals surface area contributed by atoms with Gasteiger partial charge in [-0.2, -0.15) is 5.26 Å². The minimum absolute atomic E-state index is 0.562. The van der Waals surface area contributed by atoms with Crippen molar-refractivity contribution in [2.75, 3.05) is 13.6 Å². The topological polar surface area (TPSA) is 36.3 Å². The van der Waals surface area contributed by atoms with Crippen molar-refractivity contribution in [3.05, 3.63) is 59.7 Å². The Labute approximate surface area is 144 Å². The second-order valence-electron chi connectivity index (χ2n) is 6.53. The third-order valence-corrected chi connectivity index (χ3v) is 4.82. The summed E-state index contributed by atoms with van der Waals surface area (Å²) < 4.78 is 5.92. The van der Waals surface area contributed by atoms with Gasteiger partial charge in [0.2, 0.25) is 0 Å². The molecule has 1 unspecified atom stereocenters. The van der Waals surface area contributed by atoms with Crippen LogP contribution >= 0.6 is 0 Å². The molecule has 2 aromatic rings. The SMILES string of the molecule is CN1CCCCC1CCc1cccc(Oc2ccccc2C#N)c1. The molecule has 2 aromatic carbocycles. The van der Waals surface area contributed by atoms with Gasteiger partial charge in [0.15, 0.2) is 0 Å². The van der Waals surface area contributed by atoms with E-state index in [1.807, 2.05) is 30.3 Å². The second-order valence-corrected chi connectivity index (χ2v) is 6.53. The number of likely N-dealkylation sites (tertiary alicyclic amines) is 1. The molecule has 1 atom stereocenters. The van der Waals surface area contributed by atoms with Gasteiger partial charge in [0, 0.05) is 6.04 Å². The molecule has 0 bridgehead atoms. The van der Waals surface area contributed by atoms with Crippen LogP contribution < -0.4 is 4.74 Å². The van der Waals surface area contributed by atoms with Crippen molar-refractivity contribution in [2.45, 2.75) is 38.1 Å². The summed E-state index contributed by atoms with van der Waals surface area (Å²) in [7, 11) is 2.24. The number of ether oxygens (including phenoxy) is 1. The molecule has 3 heteroatoms. The molecule has 0 radical (unpaired) electrons. The first-order valence-electron chi connectivity index (χ1n) is 8.72. The third-order valence-electron chi connectivity index (χ3n) is 4.82. The van der Waals surface area contributed by atoms with E-state index in [4.69, 9.17) is 10.00 Å². The van der Waals surface area contributed by atoms with Gasteiger partial charge in [-0.1, -0.05) is 30.7 Å². The van der Waals surface area contributed by atoms with E-state index in [-0.39, 0.29) is 0 Å². The summed E-state index contributed by atoms with van der Waals surface area (Å²) in [6, 6.07) is 18.5. The standard InChI is InChI=1S/C21H24N2O/c1-23-14-5-4-9-19(23)13-12-17-7-6-10-20(15-17)24-21-11-3-2-8-18(21)16-22/h2-3,6-8,10-11,15,19H,4-5,9,12-14H2,1H3. The number of rotatable bonds is 5. The summed E-state index contributed by atoms with van der Waals surface area (Å²) >= 11 is 0. The number of nitriles is 1. The number of aryl methyl sites for hydroxylation is 1. The molecule has 0 amide bonds. The van der Waals surface area contributed by atoms with Gasteiger partial charge in [-0.25, -0.2) is 0 Å². The molecule has 3 nitrogen and oxygen atoms in total. The van der Waals surface area contributed by atoms with Crippen molar-refractivity contribution in [2.24, 2.45) is 0 Å². The number of hydrogen-bond acceptors (Lipinski definition) is 3. The smallest absolute Gasteiger partial charge is 0.145 e. The zero-order valence-corrected chi connectivity index (χ0v) is 14.2. The predicted molar refractivity (Wildman–Crippen MR) is 96.3 cm³/mol. The van der Waals surface area contributed by atoms with Crippen LogP contribution in [0.1, 0.15) is 36.8 Å². The van der Waals surface area contributed by atoms with Crippen molar-refractivity contribution < 1.29 is 4.74 Å². The first-order chi connectivity index (χ1) is 11.8. The average molecular weight is 320 g/mol. The van der Waals surface area contributed by atoms with Gasteiger partial charge in [-0.15, -0.1) is 0 Å². The van der Waals surface area contributed by atoms with E-state index in [0.717, 1.165) is 12.2 Å². The molecule has 0 spiro atoms. The van der Waals surface area contributed by atoms with E-state index in [0.29, 0.717) is 17.4 Å². The van der Waals surface area contributed by atoms with Crippen LogP contribution in [0.25, 0.3) is 0 Å². The van der Waals surface area contributed by atoms with E-state index >= 15 is 0 Å². The number of piperidine rings is 1. The Morgan fingerprint density at radius 2 is 2.04 bits per heavy atom. The van der Waals surface area contributed by atoms with E-state index in [2.05, 4.69) is 30.1 Å². The van der Waals surface area contributed by atoms with Crippen molar-refractivity contribution in [3.63, 3.8) is 0 Å². The van der Waals surface area contributed by atoms with Crippen LogP contribution in [0.15, 0.2) is 48.5 Å². The Morgan fingerprint density at radius 1 is 1.17 bits per heavy atom. The highest BCUT2D eigenvalue weighted by Crippen LogP contribution is 2.26. The molecule has 124 valence electrons. The first kappa shape index (κ1) is 16.5. The molecule has 1 aliphatic rings. The van der Waals surface area contributed by atoms with E-state index in [9.17, 15) is 0 Å². The van der Waals surface area contributed by atoms with E-state index < -0.39 is 0 Å². The molecule has 1 aliphatic heterocycles. The summed E-state index contributed by atoms with van der Waals surface area (Å²) in [5.41, 5.74) is 1.85. The largest absolute Gasteiger partial charge is 0.456 e. The maximum atomic E-state index is 9.17. The van der Waals surface area contributed by atoms with Gasteiger partial charge in [-0.3, -0.25) is 0 Å². The van der Waals surface area contributed by atoms with Gasteiger partial charge < -0.3 is 9.64 Å². The molecular weight excluding hydrogens is 296 g/mol. The lowest BCUT2D eigenvalue weighted by Gasteiger charge is -2.32. The molecule has 0 saturated carbocycles. The fourth-order valence-corrected chi connectivity index (χ4v) is 3.38. The normalized spacial score (nSPS) is 18.1. The molecular formula is C21H24N2O. The fraction of sp³-hybridized carbons (Fsp3) is 0.381. The van der Waals surface area contributed by atoms with Crippen molar-refractivity contribution in [1.82, 2.24) is 4.90 Å². The van der Waals surface area contributed by atoms with E-state index in [1.165, 1.54) is 37.8 Å².